The zero-order chi connectivity index (χ0) is 16.3. The van der Waals surface area contributed by atoms with E-state index in [0.29, 0.717) is 17.9 Å². The molecule has 1 aromatic rings. The summed E-state index contributed by atoms with van der Waals surface area (Å²) in [7, 11) is 0. The number of para-hydroxylation sites is 1. The average Bonchev–Trinajstić information content (AvgIpc) is 2.56. The topological polar surface area (TPSA) is 58.2 Å². The molecule has 0 spiro atoms. The zero-order valence-electron chi connectivity index (χ0n) is 13.8. The average molecular weight is 324 g/mol. The predicted molar refractivity (Wildman–Crippen MR) is 91.4 cm³/mol. The monoisotopic (exact) mass is 324 g/mol. The van der Waals surface area contributed by atoms with Crippen molar-refractivity contribution in [3.05, 3.63) is 29.8 Å². The number of carbonyl (C=O) groups excluding carboxylic acids is 2. The molecule has 1 unspecified atom stereocenters. The number of anilines is 1. The van der Waals surface area contributed by atoms with Gasteiger partial charge in [-0.25, -0.2) is 0 Å². The Bertz CT molecular complexity index is 671. The molecule has 4 bridgehead atoms. The Labute approximate surface area is 142 Å². The predicted octanol–water partition coefficient (Wildman–Crippen LogP) is 3.05. The van der Waals surface area contributed by atoms with Crippen molar-refractivity contribution in [2.75, 3.05) is 5.32 Å². The van der Waals surface area contributed by atoms with Crippen molar-refractivity contribution < 1.29 is 9.59 Å². The molecule has 2 N–H and O–H groups in total. The van der Waals surface area contributed by atoms with E-state index >= 15 is 0 Å². The first-order valence-electron chi connectivity index (χ1n) is 9.36. The maximum atomic E-state index is 13.0. The SMILES string of the molecule is O=C1CC(C(=O)NC2C3CC4CC(C3)CC2C4)c2ccccc2N1. The van der Waals surface area contributed by atoms with Gasteiger partial charge in [0.15, 0.2) is 0 Å². The van der Waals surface area contributed by atoms with Crippen LogP contribution in [-0.4, -0.2) is 17.9 Å². The van der Waals surface area contributed by atoms with Crippen molar-refractivity contribution >= 4 is 17.5 Å². The molecule has 5 aliphatic rings. The van der Waals surface area contributed by atoms with Crippen molar-refractivity contribution in [1.29, 1.82) is 0 Å². The van der Waals surface area contributed by atoms with Gasteiger partial charge in [0, 0.05) is 18.2 Å². The molecule has 1 aromatic carbocycles. The van der Waals surface area contributed by atoms with E-state index in [1.165, 1.54) is 32.1 Å². The molecule has 2 amide bonds. The second-order valence-electron chi connectivity index (χ2n) is 8.36. The standard InChI is InChI=1S/C20H24N2O2/c23-18-10-16(15-3-1-2-4-17(15)21-18)20(24)22-19-13-6-11-5-12(8-13)9-14(19)7-11/h1-4,11-14,16,19H,5-10H2,(H,21,23)(H,22,24). The summed E-state index contributed by atoms with van der Waals surface area (Å²) < 4.78 is 0. The smallest absolute Gasteiger partial charge is 0.228 e. The second-order valence-corrected chi connectivity index (χ2v) is 8.36. The van der Waals surface area contributed by atoms with Gasteiger partial charge in [-0.2, -0.15) is 0 Å². The van der Waals surface area contributed by atoms with Gasteiger partial charge in [-0.05, 0) is 67.4 Å². The zero-order valence-corrected chi connectivity index (χ0v) is 13.8. The van der Waals surface area contributed by atoms with E-state index in [0.717, 1.165) is 23.1 Å². The highest BCUT2D eigenvalue weighted by Gasteiger charge is 2.49. The van der Waals surface area contributed by atoms with Gasteiger partial charge < -0.3 is 10.6 Å². The van der Waals surface area contributed by atoms with E-state index < -0.39 is 0 Å². The molecule has 24 heavy (non-hydrogen) atoms. The summed E-state index contributed by atoms with van der Waals surface area (Å²) in [5, 5.41) is 6.26. The number of benzene rings is 1. The van der Waals surface area contributed by atoms with Crippen LogP contribution in [0.3, 0.4) is 0 Å². The normalized spacial score (nSPS) is 39.2. The van der Waals surface area contributed by atoms with Crippen LogP contribution in [0.5, 0.6) is 0 Å². The number of fused-ring (bicyclic) bond motifs is 1. The highest BCUT2D eigenvalue weighted by atomic mass is 16.2. The van der Waals surface area contributed by atoms with Crippen molar-refractivity contribution in [2.45, 2.75) is 50.5 Å². The lowest BCUT2D eigenvalue weighted by molar-refractivity contribution is -0.129. The molecule has 4 fully saturated rings. The fraction of sp³-hybridized carbons (Fsp3) is 0.600. The van der Waals surface area contributed by atoms with Gasteiger partial charge in [0.1, 0.15) is 0 Å². The van der Waals surface area contributed by atoms with E-state index in [1.54, 1.807) is 0 Å². The molecule has 1 heterocycles. The van der Waals surface area contributed by atoms with Crippen LogP contribution in [0.2, 0.25) is 0 Å². The number of amides is 2. The maximum absolute atomic E-state index is 13.0. The van der Waals surface area contributed by atoms with Crippen molar-refractivity contribution in [1.82, 2.24) is 5.32 Å². The van der Waals surface area contributed by atoms with Crippen LogP contribution in [0.4, 0.5) is 5.69 Å². The molecule has 1 atom stereocenters. The van der Waals surface area contributed by atoms with E-state index in [1.807, 2.05) is 24.3 Å². The van der Waals surface area contributed by atoms with Gasteiger partial charge in [0.05, 0.1) is 5.92 Å². The molecular formula is C20H24N2O2. The van der Waals surface area contributed by atoms with Crippen molar-refractivity contribution in [2.24, 2.45) is 23.7 Å². The minimum Gasteiger partial charge on any atom is -0.352 e. The number of rotatable bonds is 2. The van der Waals surface area contributed by atoms with Crippen LogP contribution in [0.15, 0.2) is 24.3 Å². The van der Waals surface area contributed by atoms with Gasteiger partial charge in [-0.1, -0.05) is 18.2 Å². The molecule has 4 saturated carbocycles. The van der Waals surface area contributed by atoms with Gasteiger partial charge in [0.2, 0.25) is 11.8 Å². The molecule has 4 nitrogen and oxygen atoms in total. The number of hydrogen-bond donors (Lipinski definition) is 2. The van der Waals surface area contributed by atoms with Gasteiger partial charge >= 0.3 is 0 Å². The van der Waals surface area contributed by atoms with Crippen LogP contribution < -0.4 is 10.6 Å². The molecule has 0 aromatic heterocycles. The minimum absolute atomic E-state index is 0.0507. The molecule has 0 radical (unpaired) electrons. The Kier molecular flexibility index (Phi) is 3.22. The number of hydrogen-bond acceptors (Lipinski definition) is 2. The first kappa shape index (κ1) is 14.5. The molecule has 6 rings (SSSR count). The van der Waals surface area contributed by atoms with Crippen LogP contribution in [0.1, 0.15) is 50.0 Å². The quantitative estimate of drug-likeness (QED) is 0.878. The molecule has 4 aliphatic carbocycles. The summed E-state index contributed by atoms with van der Waals surface area (Å²) in [6, 6.07) is 8.03. The Morgan fingerprint density at radius 2 is 1.67 bits per heavy atom. The minimum atomic E-state index is -0.341. The number of carbonyl (C=O) groups is 2. The lowest BCUT2D eigenvalue weighted by atomic mass is 9.54. The highest BCUT2D eigenvalue weighted by Crippen LogP contribution is 2.53. The molecule has 4 heteroatoms. The summed E-state index contributed by atoms with van der Waals surface area (Å²) in [5.41, 5.74) is 1.75. The summed E-state index contributed by atoms with van der Waals surface area (Å²) in [4.78, 5) is 25.0. The third-order valence-corrected chi connectivity index (χ3v) is 6.85. The third kappa shape index (κ3) is 2.27. The molecule has 126 valence electrons. The van der Waals surface area contributed by atoms with Gasteiger partial charge in [-0.15, -0.1) is 0 Å². The lowest BCUT2D eigenvalue weighted by Crippen LogP contribution is -2.56. The van der Waals surface area contributed by atoms with Crippen molar-refractivity contribution in [3.8, 4) is 0 Å². The molecule has 0 saturated heterocycles. The maximum Gasteiger partial charge on any atom is 0.228 e. The largest absolute Gasteiger partial charge is 0.352 e. The Hall–Kier alpha value is -1.84. The lowest BCUT2D eigenvalue weighted by Gasteiger charge is -2.54. The third-order valence-electron chi connectivity index (χ3n) is 6.85. The van der Waals surface area contributed by atoms with Gasteiger partial charge in [0.25, 0.3) is 0 Å². The van der Waals surface area contributed by atoms with E-state index in [-0.39, 0.29) is 24.2 Å². The summed E-state index contributed by atoms with van der Waals surface area (Å²) in [6.45, 7) is 0. The van der Waals surface area contributed by atoms with Crippen molar-refractivity contribution in [3.63, 3.8) is 0 Å². The van der Waals surface area contributed by atoms with Gasteiger partial charge in [-0.3, -0.25) is 9.59 Å². The Balaban J connectivity index is 1.37. The first-order chi connectivity index (χ1) is 11.7. The fourth-order valence-electron chi connectivity index (χ4n) is 6.07. The van der Waals surface area contributed by atoms with Crippen LogP contribution in [0, 0.1) is 23.7 Å². The Morgan fingerprint density at radius 3 is 2.38 bits per heavy atom. The van der Waals surface area contributed by atoms with E-state index in [9.17, 15) is 9.59 Å². The first-order valence-corrected chi connectivity index (χ1v) is 9.36. The Morgan fingerprint density at radius 1 is 1.00 bits per heavy atom. The summed E-state index contributed by atoms with van der Waals surface area (Å²) >= 11 is 0. The second kappa shape index (κ2) is 5.33. The number of nitrogens with one attached hydrogen (secondary N) is 2. The molecular weight excluding hydrogens is 300 g/mol. The van der Waals surface area contributed by atoms with Crippen LogP contribution in [0.25, 0.3) is 0 Å². The van der Waals surface area contributed by atoms with Crippen LogP contribution in [-0.2, 0) is 9.59 Å². The van der Waals surface area contributed by atoms with E-state index in [4.69, 9.17) is 0 Å². The molecule has 1 aliphatic heterocycles. The fourth-order valence-corrected chi connectivity index (χ4v) is 6.07. The van der Waals surface area contributed by atoms with Crippen LogP contribution >= 0.6 is 0 Å². The highest BCUT2D eigenvalue weighted by molar-refractivity contribution is 6.01. The summed E-state index contributed by atoms with van der Waals surface area (Å²) in [5.74, 6) is 2.79. The van der Waals surface area contributed by atoms with E-state index in [2.05, 4.69) is 10.6 Å². The summed E-state index contributed by atoms with van der Waals surface area (Å²) in [6.07, 6.45) is 6.85.